The number of anilines is 2. The van der Waals surface area contributed by atoms with E-state index >= 15 is 0 Å². The predicted octanol–water partition coefficient (Wildman–Crippen LogP) is 1.60. The summed E-state index contributed by atoms with van der Waals surface area (Å²) in [5.74, 6) is -12.6. The molecule has 1 unspecified atom stereocenters. The minimum absolute atomic E-state index is 0.0211. The maximum absolute atomic E-state index is 14.1. The molecule has 0 heterocycles. The highest BCUT2D eigenvalue weighted by atomic mass is 32.2. The number of benzene rings is 5. The molecule has 5 aromatic carbocycles. The van der Waals surface area contributed by atoms with Crippen molar-refractivity contribution in [2.45, 2.75) is 112 Å². The number of hydrogen-bond donors (Lipinski definition) is 17. The van der Waals surface area contributed by atoms with Gasteiger partial charge in [0, 0.05) is 105 Å². The summed E-state index contributed by atoms with van der Waals surface area (Å²) >= 11 is 1.01. The van der Waals surface area contributed by atoms with Crippen molar-refractivity contribution in [3.05, 3.63) is 120 Å². The number of carboxylic acids is 2. The van der Waals surface area contributed by atoms with Crippen LogP contribution in [0.2, 0.25) is 0 Å². The van der Waals surface area contributed by atoms with Crippen molar-refractivity contribution >= 4 is 134 Å². The van der Waals surface area contributed by atoms with Crippen LogP contribution in [0.3, 0.4) is 0 Å². The van der Waals surface area contributed by atoms with Crippen molar-refractivity contribution in [2.75, 3.05) is 94.5 Å². The fraction of sp³-hybridized carbons (Fsp3) is 0.429. The minimum Gasteiger partial charge on any atom is -0.508 e. The van der Waals surface area contributed by atoms with Gasteiger partial charge in [-0.3, -0.25) is 66.7 Å². The molecule has 0 bridgehead atoms. The summed E-state index contributed by atoms with van der Waals surface area (Å²) in [7, 11) is -4.62. The van der Waals surface area contributed by atoms with Gasteiger partial charge < -0.3 is 99.0 Å². The van der Waals surface area contributed by atoms with Gasteiger partial charge in [0.25, 0.3) is 16.0 Å². The number of unbranched alkanes of at least 4 members (excludes halogenated alkanes) is 1. The van der Waals surface area contributed by atoms with E-state index in [1.54, 1.807) is 43.3 Å². The number of nitrogens with zero attached hydrogens (tertiary/aromatic N) is 3. The van der Waals surface area contributed by atoms with Gasteiger partial charge in [-0.2, -0.15) is 30.4 Å². The molecule has 110 heavy (non-hydrogen) atoms. The average molecular weight is 1590 g/mol. The number of aliphatic carboxylic acids is 2. The molecular formula is C70H94N15O22PS2. The number of azo groups is 1. The molecule has 0 radical (unpaired) electrons. The highest BCUT2D eigenvalue weighted by Crippen LogP contribution is 2.48. The van der Waals surface area contributed by atoms with E-state index in [1.807, 2.05) is 31.1 Å². The number of thioether (sulfide) groups is 1. The molecule has 7 atom stereocenters. The second-order valence-corrected chi connectivity index (χ2v) is 29.5. The summed E-state index contributed by atoms with van der Waals surface area (Å²) in [6.45, 7) is -0.388. The average Bonchev–Trinajstić information content (AvgIpc) is 0.789. The molecule has 0 aromatic heterocycles. The van der Waals surface area contributed by atoms with E-state index in [2.05, 4.69) is 63.4 Å². The Morgan fingerprint density at radius 2 is 1.15 bits per heavy atom. The number of aliphatic hydroxyl groups excluding tert-OH is 1. The van der Waals surface area contributed by atoms with Gasteiger partial charge in [0.1, 0.15) is 46.9 Å². The number of phenols is 1. The van der Waals surface area contributed by atoms with Gasteiger partial charge in [-0.25, -0.2) is 0 Å². The number of amides is 10. The lowest BCUT2D eigenvalue weighted by Crippen LogP contribution is -2.60. The zero-order valence-corrected chi connectivity index (χ0v) is 63.2. The van der Waals surface area contributed by atoms with Crippen molar-refractivity contribution in [3.63, 3.8) is 0 Å². The van der Waals surface area contributed by atoms with Crippen LogP contribution in [0, 0.1) is 0 Å². The van der Waals surface area contributed by atoms with Crippen LogP contribution < -0.4 is 69.5 Å². The number of aromatic hydroxyl groups is 1. The zero-order valence-electron chi connectivity index (χ0n) is 60.6. The second-order valence-electron chi connectivity index (χ2n) is 24.8. The predicted molar refractivity (Wildman–Crippen MR) is 405 cm³/mol. The lowest BCUT2D eigenvalue weighted by molar-refractivity contribution is -0.139. The molecular weight excluding hydrogens is 1500 g/mol. The summed E-state index contributed by atoms with van der Waals surface area (Å²) in [6.07, 6.45) is -2.73. The number of nitrogens with one attached hydrogen (secondary N) is 10. The first-order chi connectivity index (χ1) is 52.3. The lowest BCUT2D eigenvalue weighted by Gasteiger charge is -2.26. The maximum Gasteiger partial charge on any atom is 0.331 e. The van der Waals surface area contributed by atoms with E-state index in [1.165, 1.54) is 60.7 Å². The molecule has 19 N–H and O–H groups in total. The van der Waals surface area contributed by atoms with Gasteiger partial charge in [0.2, 0.25) is 53.2 Å². The molecule has 5 rings (SSSR count). The van der Waals surface area contributed by atoms with Gasteiger partial charge in [-0.05, 0) is 124 Å². The number of nitrogens with two attached hydrogens (primary N) is 2. The molecule has 0 aliphatic carbocycles. The summed E-state index contributed by atoms with van der Waals surface area (Å²) in [5.41, 5.74) is 13.8. The Hall–Kier alpha value is -10.7. The van der Waals surface area contributed by atoms with Crippen molar-refractivity contribution in [3.8, 4) is 5.75 Å². The third kappa shape index (κ3) is 31.9. The van der Waals surface area contributed by atoms with Crippen LogP contribution in [-0.2, 0) is 82.9 Å². The van der Waals surface area contributed by atoms with Gasteiger partial charge in [-0.15, -0.1) is 0 Å². The molecule has 0 aliphatic rings. The molecule has 0 fully saturated rings. The number of carbonyl (C=O) groups is 12. The van der Waals surface area contributed by atoms with Crippen LogP contribution in [-0.4, -0.2) is 225 Å². The Morgan fingerprint density at radius 1 is 0.591 bits per heavy atom. The Kier molecular flexibility index (Phi) is 37.6. The smallest absolute Gasteiger partial charge is 0.331 e. The van der Waals surface area contributed by atoms with E-state index in [9.17, 15) is 95.5 Å². The zero-order chi connectivity index (χ0) is 80.9. The number of primary amides is 1. The SMILES string of the molecule is CCOP(=O)(CCSC[C@H](NC(=O)c1ccc(/N=N/c2ccc(N(C)C)cc2)cc1)C(=O)NCC(=O)N[C@@H](CCC(=O)O)C(=O)N[C@@H](CO)C(=O)N[C@@H](Cc1ccc(O)cc1)C(=O)N[C@@H](CCC(=O)O)C(=O)N[C@@H](CCCCN)C(N)=O)OCCNC(=O)CCC(=O)NCCNc1cccc2c(S(=O)(=O)O)cccc12. The largest absolute Gasteiger partial charge is 0.508 e. The Labute approximate surface area is 638 Å². The first-order valence-corrected chi connectivity index (χ1v) is 39.1. The van der Waals surface area contributed by atoms with E-state index < -0.39 is 164 Å². The number of hydrogen-bond acceptors (Lipinski definition) is 25. The third-order valence-corrected chi connectivity index (χ3v) is 20.4. The number of phenolic OH excluding ortho intramolecular Hbond substituents is 1. The van der Waals surface area contributed by atoms with E-state index in [-0.39, 0.29) is 99.0 Å². The van der Waals surface area contributed by atoms with Crippen molar-refractivity contribution < 1.29 is 105 Å². The van der Waals surface area contributed by atoms with Gasteiger partial charge in [0.15, 0.2) is 0 Å². The van der Waals surface area contributed by atoms with E-state index in [0.717, 1.165) is 17.4 Å². The summed E-state index contributed by atoms with van der Waals surface area (Å²) < 4.78 is 58.5. The monoisotopic (exact) mass is 1590 g/mol. The Morgan fingerprint density at radius 3 is 1.73 bits per heavy atom. The normalized spacial score (nSPS) is 13.5. The topological polar surface area (TPSA) is 576 Å². The van der Waals surface area contributed by atoms with E-state index in [4.69, 9.17) is 20.5 Å². The highest BCUT2D eigenvalue weighted by molar-refractivity contribution is 7.99. The van der Waals surface area contributed by atoms with Gasteiger partial charge >= 0.3 is 19.5 Å². The fourth-order valence-electron chi connectivity index (χ4n) is 10.4. The first kappa shape index (κ1) is 89.9. The number of carboxylic acid groups (broad SMARTS) is 2. The van der Waals surface area contributed by atoms with Gasteiger partial charge in [0.05, 0.1) is 43.9 Å². The quantitative estimate of drug-likeness (QED) is 0.0114. The number of aliphatic hydroxyl groups is 1. The van der Waals surface area contributed by atoms with Crippen LogP contribution in [0.5, 0.6) is 5.75 Å². The van der Waals surface area contributed by atoms with Crippen LogP contribution >= 0.6 is 19.4 Å². The Balaban J connectivity index is 1.22. The number of carbonyl (C=O) groups excluding carboxylic acids is 10. The van der Waals surface area contributed by atoms with Crippen LogP contribution in [0.15, 0.2) is 124 Å². The summed E-state index contributed by atoms with van der Waals surface area (Å²) in [6, 6.07) is 17.8. The molecule has 37 nitrogen and oxygen atoms in total. The molecule has 10 amide bonds. The van der Waals surface area contributed by atoms with E-state index in [0.29, 0.717) is 46.2 Å². The molecule has 0 aliphatic heterocycles. The van der Waals surface area contributed by atoms with Crippen LogP contribution in [0.1, 0.15) is 80.6 Å². The molecule has 598 valence electrons. The molecule has 0 spiro atoms. The van der Waals surface area contributed by atoms with Crippen LogP contribution in [0.25, 0.3) is 10.8 Å². The number of fused-ring (bicyclic) bond motifs is 1. The van der Waals surface area contributed by atoms with Gasteiger partial charge in [-0.1, -0.05) is 36.4 Å². The summed E-state index contributed by atoms with van der Waals surface area (Å²) in [4.78, 5) is 160. The van der Waals surface area contributed by atoms with Crippen molar-refractivity contribution in [1.82, 2.24) is 47.9 Å². The standard InChI is InChI=1S/C70H94N15O22PS2/c1-4-106-108(102,107-36-35-75-60(89)29-28-59(88)74-34-33-73-51-12-7-10-50-49(51)9-8-13-58(50)110(103,104)105)37-38-109-42-57(82-65(96)44-16-18-45(19-17-44)83-84-46-20-22-47(23-21-46)85(2)3)66(97)76-40-61(90)77-53(26-30-62(91)92)67(98)81-56(41-86)70(101)80-55(39-43-14-24-48(87)25-15-43)69(100)79-54(27-31-63(93)94)68(99)78-52(64(72)95)11-5-6-32-71/h7-10,12-25,52-57,73,86-87H,4-6,11,26-42,71H2,1-3H3,(H2,72,95)(H,74,88)(H,75,89)(H,76,97)(H,77,90)(H,78,99)(H,79,100)(H,80,101)(H,81,98)(H,82,96)(H,91,92)(H,93,94)(H,103,104,105)/b84-83+/t52-,53-,54-,55-,56-,57-,108?/m0/s1. The lowest BCUT2D eigenvalue weighted by atomic mass is 10.0. The molecule has 0 saturated carbocycles. The maximum atomic E-state index is 14.1. The molecule has 0 saturated heterocycles. The molecule has 40 heteroatoms. The minimum atomic E-state index is -4.49. The fourth-order valence-corrected chi connectivity index (χ4v) is 14.2. The molecule has 5 aromatic rings. The van der Waals surface area contributed by atoms with Crippen molar-refractivity contribution in [1.29, 1.82) is 0 Å². The number of rotatable bonds is 50. The second kappa shape index (κ2) is 46.0. The summed E-state index contributed by atoms with van der Waals surface area (Å²) in [5, 5.41) is 73.8. The van der Waals surface area contributed by atoms with Crippen molar-refractivity contribution in [2.24, 2.45) is 21.7 Å². The Bertz CT molecular complexity index is 4180. The van der Waals surface area contributed by atoms with Crippen LogP contribution in [0.4, 0.5) is 22.7 Å². The first-order valence-electron chi connectivity index (χ1n) is 34.7. The highest BCUT2D eigenvalue weighted by Gasteiger charge is 2.34. The third-order valence-electron chi connectivity index (χ3n) is 16.2.